The third-order valence-electron chi connectivity index (χ3n) is 4.47. The molecule has 1 aliphatic heterocycles. The molecular formula is C19H20F4N2O. The maximum absolute atomic E-state index is 13.5. The summed E-state index contributed by atoms with van der Waals surface area (Å²) < 4.78 is 54.6. The van der Waals surface area contributed by atoms with Crippen LogP contribution in [-0.4, -0.2) is 37.4 Å². The molecule has 0 saturated carbocycles. The highest BCUT2D eigenvalue weighted by atomic mass is 19.4. The van der Waals surface area contributed by atoms with Crippen LogP contribution in [0.3, 0.4) is 0 Å². The van der Waals surface area contributed by atoms with Crippen LogP contribution in [0, 0.1) is 12.7 Å². The first-order valence-electron chi connectivity index (χ1n) is 8.40. The van der Waals surface area contributed by atoms with Crippen LogP contribution < -0.4 is 10.1 Å². The van der Waals surface area contributed by atoms with Gasteiger partial charge in [-0.2, -0.15) is 0 Å². The molecule has 2 aromatic carbocycles. The zero-order chi connectivity index (χ0) is 18.7. The summed E-state index contributed by atoms with van der Waals surface area (Å²) in [5.74, 6) is -0.560. The Morgan fingerprint density at radius 3 is 2.27 bits per heavy atom. The lowest BCUT2D eigenvalue weighted by Gasteiger charge is -2.36. The SMILES string of the molecule is Cc1cc(F)ccc1[C@@H](c1ccc(OC(F)(F)F)cc1)N1CCNCC1. The van der Waals surface area contributed by atoms with Crippen LogP contribution >= 0.6 is 0 Å². The molecule has 1 saturated heterocycles. The fraction of sp³-hybridized carbons (Fsp3) is 0.368. The Labute approximate surface area is 149 Å². The molecule has 7 heteroatoms. The molecule has 140 valence electrons. The van der Waals surface area contributed by atoms with Crippen molar-refractivity contribution >= 4 is 0 Å². The Kier molecular flexibility index (Phi) is 5.48. The van der Waals surface area contributed by atoms with Gasteiger partial charge >= 0.3 is 6.36 Å². The highest BCUT2D eigenvalue weighted by molar-refractivity contribution is 5.39. The van der Waals surface area contributed by atoms with Gasteiger partial charge in [-0.1, -0.05) is 18.2 Å². The van der Waals surface area contributed by atoms with Gasteiger partial charge in [-0.05, 0) is 47.9 Å². The molecule has 1 N–H and O–H groups in total. The van der Waals surface area contributed by atoms with Crippen LogP contribution in [0.25, 0.3) is 0 Å². The number of aryl methyl sites for hydroxylation is 1. The van der Waals surface area contributed by atoms with Crippen molar-refractivity contribution in [3.8, 4) is 5.75 Å². The van der Waals surface area contributed by atoms with E-state index >= 15 is 0 Å². The second kappa shape index (κ2) is 7.63. The normalized spacial score (nSPS) is 17.1. The van der Waals surface area contributed by atoms with Crippen molar-refractivity contribution in [3.05, 3.63) is 65.0 Å². The van der Waals surface area contributed by atoms with Gasteiger partial charge in [0.1, 0.15) is 11.6 Å². The van der Waals surface area contributed by atoms with E-state index in [1.165, 1.54) is 24.3 Å². The minimum Gasteiger partial charge on any atom is -0.406 e. The Morgan fingerprint density at radius 1 is 1.04 bits per heavy atom. The zero-order valence-electron chi connectivity index (χ0n) is 14.3. The van der Waals surface area contributed by atoms with Crippen LogP contribution in [0.2, 0.25) is 0 Å². The number of benzene rings is 2. The number of hydrogen-bond donors (Lipinski definition) is 1. The second-order valence-corrected chi connectivity index (χ2v) is 6.31. The van der Waals surface area contributed by atoms with Crippen molar-refractivity contribution in [1.29, 1.82) is 0 Å². The third-order valence-corrected chi connectivity index (χ3v) is 4.47. The van der Waals surface area contributed by atoms with Gasteiger partial charge in [-0.3, -0.25) is 4.90 Å². The molecule has 1 fully saturated rings. The van der Waals surface area contributed by atoms with Gasteiger partial charge in [-0.15, -0.1) is 13.2 Å². The van der Waals surface area contributed by atoms with E-state index in [1.807, 2.05) is 6.92 Å². The van der Waals surface area contributed by atoms with Gasteiger partial charge in [0, 0.05) is 26.2 Å². The first-order chi connectivity index (χ1) is 12.3. The molecule has 2 aromatic rings. The van der Waals surface area contributed by atoms with Crippen molar-refractivity contribution < 1.29 is 22.3 Å². The van der Waals surface area contributed by atoms with Gasteiger partial charge in [0.05, 0.1) is 6.04 Å². The first kappa shape index (κ1) is 18.7. The van der Waals surface area contributed by atoms with Crippen molar-refractivity contribution in [2.45, 2.75) is 19.3 Å². The molecule has 1 atom stereocenters. The average Bonchev–Trinajstić information content (AvgIpc) is 2.58. The summed E-state index contributed by atoms with van der Waals surface area (Å²) in [7, 11) is 0. The summed E-state index contributed by atoms with van der Waals surface area (Å²) >= 11 is 0. The van der Waals surface area contributed by atoms with Gasteiger partial charge in [0.15, 0.2) is 0 Å². The molecule has 0 radical (unpaired) electrons. The van der Waals surface area contributed by atoms with Crippen molar-refractivity contribution in [3.63, 3.8) is 0 Å². The Bertz CT molecular complexity index is 740. The molecule has 0 amide bonds. The lowest BCUT2D eigenvalue weighted by molar-refractivity contribution is -0.274. The van der Waals surface area contributed by atoms with E-state index in [0.29, 0.717) is 0 Å². The van der Waals surface area contributed by atoms with Crippen LogP contribution in [0.4, 0.5) is 17.6 Å². The van der Waals surface area contributed by atoms with Crippen LogP contribution in [0.15, 0.2) is 42.5 Å². The van der Waals surface area contributed by atoms with E-state index in [-0.39, 0.29) is 17.6 Å². The maximum atomic E-state index is 13.5. The van der Waals surface area contributed by atoms with Gasteiger partial charge in [-0.25, -0.2) is 4.39 Å². The molecule has 1 aliphatic rings. The Balaban J connectivity index is 1.95. The van der Waals surface area contributed by atoms with Crippen molar-refractivity contribution in [1.82, 2.24) is 10.2 Å². The summed E-state index contributed by atoms with van der Waals surface area (Å²) in [5, 5.41) is 3.28. The number of hydrogen-bond acceptors (Lipinski definition) is 3. The average molecular weight is 368 g/mol. The summed E-state index contributed by atoms with van der Waals surface area (Å²) in [6.07, 6.45) is -4.72. The first-order valence-corrected chi connectivity index (χ1v) is 8.40. The van der Waals surface area contributed by atoms with E-state index in [4.69, 9.17) is 0 Å². The number of alkyl halides is 3. The Morgan fingerprint density at radius 2 is 1.69 bits per heavy atom. The van der Waals surface area contributed by atoms with Crippen molar-refractivity contribution in [2.75, 3.05) is 26.2 Å². The van der Waals surface area contributed by atoms with E-state index in [1.54, 1.807) is 18.2 Å². The standard InChI is InChI=1S/C19H20F4N2O/c1-13-12-15(20)4-7-17(13)18(25-10-8-24-9-11-25)14-2-5-16(6-3-14)26-19(21,22)23/h2-7,12,18,24H,8-11H2,1H3/t18-/m1/s1. The van der Waals surface area contributed by atoms with E-state index in [2.05, 4.69) is 15.0 Å². The molecule has 0 aliphatic carbocycles. The number of rotatable bonds is 4. The molecule has 3 rings (SSSR count). The lowest BCUT2D eigenvalue weighted by atomic mass is 9.93. The molecule has 3 nitrogen and oxygen atoms in total. The largest absolute Gasteiger partial charge is 0.573 e. The second-order valence-electron chi connectivity index (χ2n) is 6.31. The molecule has 1 heterocycles. The molecule has 0 bridgehead atoms. The minimum atomic E-state index is -4.72. The van der Waals surface area contributed by atoms with Crippen LogP contribution in [-0.2, 0) is 0 Å². The number of ether oxygens (including phenoxy) is 1. The highest BCUT2D eigenvalue weighted by Gasteiger charge is 2.31. The van der Waals surface area contributed by atoms with Crippen LogP contribution in [0.5, 0.6) is 5.75 Å². The highest BCUT2D eigenvalue weighted by Crippen LogP contribution is 2.33. The molecule has 0 aromatic heterocycles. The maximum Gasteiger partial charge on any atom is 0.573 e. The summed E-state index contributed by atoms with van der Waals surface area (Å²) in [6, 6.07) is 10.4. The zero-order valence-corrected chi connectivity index (χ0v) is 14.3. The minimum absolute atomic E-state index is 0.155. The molecular weight excluding hydrogens is 348 g/mol. The quantitative estimate of drug-likeness (QED) is 0.825. The predicted octanol–water partition coefficient (Wildman–Crippen LogP) is 4.03. The number of nitrogens with zero attached hydrogens (tertiary/aromatic N) is 1. The summed E-state index contributed by atoms with van der Waals surface area (Å²) in [4.78, 5) is 2.25. The van der Waals surface area contributed by atoms with E-state index in [0.717, 1.165) is 42.9 Å². The molecule has 26 heavy (non-hydrogen) atoms. The summed E-state index contributed by atoms with van der Waals surface area (Å²) in [6.45, 7) is 5.08. The monoisotopic (exact) mass is 368 g/mol. The van der Waals surface area contributed by atoms with E-state index < -0.39 is 6.36 Å². The number of piperazine rings is 1. The fourth-order valence-electron chi connectivity index (χ4n) is 3.33. The van der Waals surface area contributed by atoms with Crippen molar-refractivity contribution in [2.24, 2.45) is 0 Å². The van der Waals surface area contributed by atoms with E-state index in [9.17, 15) is 17.6 Å². The molecule has 0 unspecified atom stereocenters. The molecule has 0 spiro atoms. The van der Waals surface area contributed by atoms with Gasteiger partial charge in [0.25, 0.3) is 0 Å². The fourth-order valence-corrected chi connectivity index (χ4v) is 3.33. The summed E-state index contributed by atoms with van der Waals surface area (Å²) in [5.41, 5.74) is 2.60. The predicted molar refractivity (Wildman–Crippen MR) is 90.5 cm³/mol. The van der Waals surface area contributed by atoms with Crippen LogP contribution in [0.1, 0.15) is 22.7 Å². The smallest absolute Gasteiger partial charge is 0.406 e. The number of halogens is 4. The Hall–Kier alpha value is -2.12. The van der Waals surface area contributed by atoms with Gasteiger partial charge in [0.2, 0.25) is 0 Å². The third kappa shape index (κ3) is 4.53. The van der Waals surface area contributed by atoms with Gasteiger partial charge < -0.3 is 10.1 Å². The lowest BCUT2D eigenvalue weighted by Crippen LogP contribution is -2.45. The number of nitrogens with one attached hydrogen (secondary N) is 1. The topological polar surface area (TPSA) is 24.5 Å².